The van der Waals surface area contributed by atoms with Crippen LogP contribution in [0.25, 0.3) is 0 Å². The van der Waals surface area contributed by atoms with Crippen LogP contribution >= 0.6 is 0 Å². The van der Waals surface area contributed by atoms with Crippen LogP contribution in [0.5, 0.6) is 0 Å². The summed E-state index contributed by atoms with van der Waals surface area (Å²) in [5.74, 6) is -0.684. The maximum atomic E-state index is 14.1. The lowest BCUT2D eigenvalue weighted by molar-refractivity contribution is 0.0600. The second-order valence-electron chi connectivity index (χ2n) is 7.91. The van der Waals surface area contributed by atoms with Crippen LogP contribution in [0.3, 0.4) is 0 Å². The number of hydrogen-bond donors (Lipinski definition) is 1. The Bertz CT molecular complexity index is 1260. The topological polar surface area (TPSA) is 110 Å². The predicted molar refractivity (Wildman–Crippen MR) is 124 cm³/mol. The molecule has 2 aromatic rings. The minimum absolute atomic E-state index is 0.0255. The lowest BCUT2D eigenvalue weighted by Crippen LogP contribution is -2.37. The van der Waals surface area contributed by atoms with E-state index in [9.17, 15) is 26.0 Å². The molecule has 180 valence electrons. The summed E-state index contributed by atoms with van der Waals surface area (Å²) in [7, 11) is -6.66. The lowest BCUT2D eigenvalue weighted by atomic mass is 10.1. The summed E-state index contributed by atoms with van der Waals surface area (Å²) in [5.41, 5.74) is 0.947. The van der Waals surface area contributed by atoms with Gasteiger partial charge in [0, 0.05) is 19.3 Å². The van der Waals surface area contributed by atoms with Gasteiger partial charge in [-0.2, -0.15) is 0 Å². The quantitative estimate of drug-likeness (QED) is 0.584. The minimum Gasteiger partial charge on any atom is -0.465 e. The molecule has 3 rings (SSSR count). The van der Waals surface area contributed by atoms with Crippen LogP contribution in [0.1, 0.15) is 35.7 Å². The van der Waals surface area contributed by atoms with Gasteiger partial charge in [-0.1, -0.05) is 13.0 Å². The molecule has 1 unspecified atom stereocenters. The summed E-state index contributed by atoms with van der Waals surface area (Å²) >= 11 is 0. The first kappa shape index (κ1) is 25.0. The number of sulfone groups is 1. The number of rotatable bonds is 7. The van der Waals surface area contributed by atoms with E-state index < -0.39 is 32.0 Å². The van der Waals surface area contributed by atoms with Crippen LogP contribution in [-0.2, 0) is 31.0 Å². The van der Waals surface area contributed by atoms with Crippen molar-refractivity contribution in [1.82, 2.24) is 0 Å². The Balaban J connectivity index is 2.11. The normalized spacial score (nSPS) is 17.0. The number of nitrogens with zero attached hydrogens (tertiary/aromatic N) is 1. The molecule has 8 nitrogen and oxygen atoms in total. The second kappa shape index (κ2) is 9.68. The first-order valence-corrected chi connectivity index (χ1v) is 13.8. The van der Waals surface area contributed by atoms with Crippen molar-refractivity contribution >= 4 is 37.2 Å². The van der Waals surface area contributed by atoms with Crippen molar-refractivity contribution in [3.05, 3.63) is 47.5 Å². The molecule has 0 spiro atoms. The maximum absolute atomic E-state index is 14.1. The standard InChI is InChI=1S/C22H27FN2O6S2/c1-4-15-7-8-16(22(26)31-2)12-21(15)33(29,30)24-19-13-18(32(3,27)28)9-10-20(19)25-11-5-6-17(23)14-25/h7-10,12-13,17,24H,4-6,11,14H2,1-3H3. The molecule has 1 N–H and O–H groups in total. The van der Waals surface area contributed by atoms with Crippen molar-refractivity contribution in [3.8, 4) is 0 Å². The number of halogens is 1. The Morgan fingerprint density at radius 1 is 1.18 bits per heavy atom. The monoisotopic (exact) mass is 498 g/mol. The molecule has 33 heavy (non-hydrogen) atoms. The second-order valence-corrected chi connectivity index (χ2v) is 11.6. The number of aryl methyl sites for hydroxylation is 1. The van der Waals surface area contributed by atoms with Crippen LogP contribution in [0, 0.1) is 0 Å². The summed E-state index contributed by atoms with van der Waals surface area (Å²) in [6.07, 6.45) is 1.33. The van der Waals surface area contributed by atoms with Crippen molar-refractivity contribution in [1.29, 1.82) is 0 Å². The number of ether oxygens (including phenoxy) is 1. The van der Waals surface area contributed by atoms with Crippen LogP contribution in [-0.4, -0.2) is 55.4 Å². The maximum Gasteiger partial charge on any atom is 0.337 e. The number of carbonyl (C=O) groups is 1. The van der Waals surface area contributed by atoms with E-state index in [0.29, 0.717) is 37.1 Å². The fourth-order valence-electron chi connectivity index (χ4n) is 3.79. The van der Waals surface area contributed by atoms with Crippen LogP contribution < -0.4 is 9.62 Å². The summed E-state index contributed by atoms with van der Waals surface area (Å²) in [4.78, 5) is 13.5. The fourth-order valence-corrected chi connectivity index (χ4v) is 5.84. The number of benzene rings is 2. The molecule has 0 saturated carbocycles. The van der Waals surface area contributed by atoms with E-state index in [1.807, 2.05) is 0 Å². The molecule has 0 aliphatic carbocycles. The molecule has 1 aliphatic heterocycles. The molecule has 1 fully saturated rings. The average Bonchev–Trinajstić information content (AvgIpc) is 2.77. The summed E-state index contributed by atoms with van der Waals surface area (Å²) in [5, 5.41) is 0. The van der Waals surface area contributed by atoms with Gasteiger partial charge >= 0.3 is 5.97 Å². The molecular weight excluding hydrogens is 471 g/mol. The Morgan fingerprint density at radius 2 is 1.91 bits per heavy atom. The van der Waals surface area contributed by atoms with Crippen molar-refractivity contribution in [2.45, 2.75) is 42.1 Å². The highest BCUT2D eigenvalue weighted by Crippen LogP contribution is 2.34. The van der Waals surface area contributed by atoms with Gasteiger partial charge in [0.05, 0.1) is 33.8 Å². The highest BCUT2D eigenvalue weighted by molar-refractivity contribution is 7.92. The molecule has 0 aromatic heterocycles. The zero-order valence-corrected chi connectivity index (χ0v) is 20.3. The fraction of sp³-hybridized carbons (Fsp3) is 0.409. The number of methoxy groups -OCH3 is 1. The lowest BCUT2D eigenvalue weighted by Gasteiger charge is -2.32. The van der Waals surface area contributed by atoms with Crippen molar-refractivity contribution in [2.24, 2.45) is 0 Å². The zero-order chi connectivity index (χ0) is 24.4. The number of hydrogen-bond acceptors (Lipinski definition) is 7. The van der Waals surface area contributed by atoms with Gasteiger partial charge in [-0.15, -0.1) is 0 Å². The first-order valence-electron chi connectivity index (χ1n) is 10.4. The molecule has 0 radical (unpaired) electrons. The van der Waals surface area contributed by atoms with Crippen molar-refractivity contribution < 1.29 is 30.8 Å². The molecule has 0 amide bonds. The van der Waals surface area contributed by atoms with Gasteiger partial charge in [-0.05, 0) is 55.2 Å². The van der Waals surface area contributed by atoms with Crippen LogP contribution in [0.2, 0.25) is 0 Å². The van der Waals surface area contributed by atoms with E-state index >= 15 is 0 Å². The Kier molecular flexibility index (Phi) is 7.32. The molecule has 1 aliphatic rings. The predicted octanol–water partition coefficient (Wildman–Crippen LogP) is 3.18. The minimum atomic E-state index is -4.23. The number of anilines is 2. The van der Waals surface area contributed by atoms with Gasteiger partial charge in [-0.3, -0.25) is 4.72 Å². The molecule has 1 saturated heterocycles. The molecule has 1 atom stereocenters. The molecular formula is C22H27FN2O6S2. The van der Waals surface area contributed by atoms with Gasteiger partial charge in [0.1, 0.15) is 6.17 Å². The molecule has 2 aromatic carbocycles. The number of piperidine rings is 1. The SMILES string of the molecule is CCc1ccc(C(=O)OC)cc1S(=O)(=O)Nc1cc(S(C)(=O)=O)ccc1N1CCCC(F)C1. The Hall–Kier alpha value is -2.66. The number of alkyl halides is 1. The van der Waals surface area contributed by atoms with E-state index in [4.69, 9.17) is 4.74 Å². The third-order valence-electron chi connectivity index (χ3n) is 5.50. The van der Waals surface area contributed by atoms with Crippen molar-refractivity contribution in [3.63, 3.8) is 0 Å². The number of carbonyl (C=O) groups excluding carboxylic acids is 1. The summed E-state index contributed by atoms with van der Waals surface area (Å²) in [6, 6.07) is 8.34. The number of esters is 1. The van der Waals surface area contributed by atoms with Crippen LogP contribution in [0.15, 0.2) is 46.2 Å². The van der Waals surface area contributed by atoms with Crippen LogP contribution in [0.4, 0.5) is 15.8 Å². The van der Waals surface area contributed by atoms with Gasteiger partial charge in [0.2, 0.25) is 0 Å². The van der Waals surface area contributed by atoms with Gasteiger partial charge in [0.25, 0.3) is 10.0 Å². The largest absolute Gasteiger partial charge is 0.465 e. The van der Waals surface area contributed by atoms with E-state index in [2.05, 4.69) is 4.72 Å². The van der Waals surface area contributed by atoms with E-state index in [-0.39, 0.29) is 27.6 Å². The Labute approximate surface area is 193 Å². The van der Waals surface area contributed by atoms with E-state index in [1.165, 1.54) is 43.5 Å². The zero-order valence-electron chi connectivity index (χ0n) is 18.7. The van der Waals surface area contributed by atoms with E-state index in [1.54, 1.807) is 11.8 Å². The first-order chi connectivity index (χ1) is 15.5. The van der Waals surface area contributed by atoms with Gasteiger partial charge in [0.15, 0.2) is 9.84 Å². The molecule has 11 heteroatoms. The smallest absolute Gasteiger partial charge is 0.337 e. The third-order valence-corrected chi connectivity index (χ3v) is 8.06. The number of sulfonamides is 1. The van der Waals surface area contributed by atoms with Crippen molar-refractivity contribution in [2.75, 3.05) is 36.1 Å². The summed E-state index contributed by atoms with van der Waals surface area (Å²) in [6.45, 7) is 2.35. The number of nitrogens with one attached hydrogen (secondary N) is 1. The molecule has 1 heterocycles. The highest BCUT2D eigenvalue weighted by Gasteiger charge is 2.26. The third kappa shape index (κ3) is 5.64. The van der Waals surface area contributed by atoms with Gasteiger partial charge in [-0.25, -0.2) is 26.0 Å². The summed E-state index contributed by atoms with van der Waals surface area (Å²) < 4.78 is 72.2. The highest BCUT2D eigenvalue weighted by atomic mass is 32.2. The molecule has 0 bridgehead atoms. The average molecular weight is 499 g/mol. The van der Waals surface area contributed by atoms with E-state index in [0.717, 1.165) is 6.26 Å². The Morgan fingerprint density at radius 3 is 2.52 bits per heavy atom. The van der Waals surface area contributed by atoms with Gasteiger partial charge < -0.3 is 9.64 Å².